The number of rotatable bonds is 7. The zero-order valence-corrected chi connectivity index (χ0v) is 16.4. The number of nitrogens with zero attached hydrogens (tertiary/aromatic N) is 4. The van der Waals surface area contributed by atoms with E-state index in [1.54, 1.807) is 4.52 Å². The van der Waals surface area contributed by atoms with Gasteiger partial charge in [0.15, 0.2) is 16.6 Å². The molecule has 2 heterocycles. The number of unbranched alkanes of at least 4 members (excludes halogenated alkanes) is 1. The van der Waals surface area contributed by atoms with Crippen LogP contribution in [0, 0.1) is 0 Å². The minimum atomic E-state index is 0.00459. The smallest absolute Gasteiger partial charge is 0.230 e. The third-order valence-corrected chi connectivity index (χ3v) is 5.30. The quantitative estimate of drug-likeness (QED) is 0.293. The number of thioether (sulfide) groups is 1. The second-order valence-corrected chi connectivity index (χ2v) is 7.38. The van der Waals surface area contributed by atoms with Gasteiger partial charge in [-0.1, -0.05) is 67.6 Å². The van der Waals surface area contributed by atoms with E-state index < -0.39 is 0 Å². The number of nitrogens with one attached hydrogen (secondary N) is 1. The highest BCUT2D eigenvalue weighted by Gasteiger charge is 2.15. The van der Waals surface area contributed by atoms with Crippen LogP contribution in [0.15, 0.2) is 59.8 Å². The van der Waals surface area contributed by atoms with Gasteiger partial charge in [0.1, 0.15) is 0 Å². The van der Waals surface area contributed by atoms with Gasteiger partial charge in [-0.25, -0.2) is 9.97 Å². The fraction of sp³-hybridized carbons (Fsp3) is 0.238. The van der Waals surface area contributed by atoms with E-state index in [2.05, 4.69) is 17.3 Å². The summed E-state index contributed by atoms with van der Waals surface area (Å²) >= 11 is 1.38. The van der Waals surface area contributed by atoms with Crippen molar-refractivity contribution in [1.82, 2.24) is 24.9 Å². The van der Waals surface area contributed by atoms with Gasteiger partial charge in [0.2, 0.25) is 5.91 Å². The van der Waals surface area contributed by atoms with Crippen molar-refractivity contribution in [2.75, 3.05) is 12.3 Å². The molecule has 28 heavy (non-hydrogen) atoms. The molecule has 1 N–H and O–H groups in total. The topological polar surface area (TPSA) is 72.2 Å². The molecule has 0 aliphatic heterocycles. The van der Waals surface area contributed by atoms with Gasteiger partial charge < -0.3 is 5.32 Å². The summed E-state index contributed by atoms with van der Waals surface area (Å²) < 4.78 is 1.74. The molecule has 0 fully saturated rings. The highest BCUT2D eigenvalue weighted by molar-refractivity contribution is 7.99. The van der Waals surface area contributed by atoms with Crippen LogP contribution in [-0.2, 0) is 4.79 Å². The SMILES string of the molecule is CCCCNC(=O)CSc1nc2ccccc2c2nc(-c3ccccc3)nn12. The molecule has 2 aromatic heterocycles. The van der Waals surface area contributed by atoms with E-state index in [-0.39, 0.29) is 5.91 Å². The Kier molecular flexibility index (Phi) is 5.53. The second-order valence-electron chi connectivity index (χ2n) is 6.44. The Hall–Kier alpha value is -2.93. The lowest BCUT2D eigenvalue weighted by Crippen LogP contribution is -2.26. The number of hydrogen-bond acceptors (Lipinski definition) is 5. The largest absolute Gasteiger partial charge is 0.355 e. The number of carbonyl (C=O) groups is 1. The molecule has 0 unspecified atom stereocenters. The molecule has 2 aromatic carbocycles. The lowest BCUT2D eigenvalue weighted by atomic mass is 10.2. The number of hydrogen-bond donors (Lipinski definition) is 1. The van der Waals surface area contributed by atoms with Gasteiger partial charge in [0.05, 0.1) is 11.3 Å². The van der Waals surface area contributed by atoms with Crippen molar-refractivity contribution in [3.05, 3.63) is 54.6 Å². The first-order valence-electron chi connectivity index (χ1n) is 9.36. The lowest BCUT2D eigenvalue weighted by molar-refractivity contribution is -0.118. The van der Waals surface area contributed by atoms with E-state index >= 15 is 0 Å². The van der Waals surface area contributed by atoms with Crippen LogP contribution in [0.3, 0.4) is 0 Å². The summed E-state index contributed by atoms with van der Waals surface area (Å²) in [4.78, 5) is 21.6. The van der Waals surface area contributed by atoms with Crippen LogP contribution in [-0.4, -0.2) is 37.8 Å². The molecule has 0 saturated carbocycles. The molecule has 0 bridgehead atoms. The minimum Gasteiger partial charge on any atom is -0.355 e. The van der Waals surface area contributed by atoms with Crippen LogP contribution >= 0.6 is 11.8 Å². The van der Waals surface area contributed by atoms with Crippen LogP contribution in [0.4, 0.5) is 0 Å². The van der Waals surface area contributed by atoms with E-state index in [0.29, 0.717) is 23.3 Å². The summed E-state index contributed by atoms with van der Waals surface area (Å²) in [5.74, 6) is 0.947. The van der Waals surface area contributed by atoms with Crippen molar-refractivity contribution in [3.8, 4) is 11.4 Å². The number of benzene rings is 2. The van der Waals surface area contributed by atoms with E-state index in [0.717, 1.165) is 35.0 Å². The number of aromatic nitrogens is 4. The van der Waals surface area contributed by atoms with Gasteiger partial charge in [-0.3, -0.25) is 4.79 Å². The fourth-order valence-corrected chi connectivity index (χ4v) is 3.69. The Morgan fingerprint density at radius 3 is 2.68 bits per heavy atom. The molecule has 0 atom stereocenters. The van der Waals surface area contributed by atoms with Gasteiger partial charge >= 0.3 is 0 Å². The zero-order chi connectivity index (χ0) is 19.3. The summed E-state index contributed by atoms with van der Waals surface area (Å²) in [6, 6.07) is 17.7. The predicted molar refractivity (Wildman–Crippen MR) is 112 cm³/mol. The Morgan fingerprint density at radius 2 is 1.86 bits per heavy atom. The standard InChI is InChI=1S/C21H21N5OS/c1-2-3-13-22-18(27)14-28-21-23-17-12-8-7-11-16(17)20-24-19(25-26(20)21)15-9-5-4-6-10-15/h4-12H,2-3,13-14H2,1H3,(H,22,27). The first-order valence-corrected chi connectivity index (χ1v) is 10.4. The maximum absolute atomic E-state index is 12.1. The van der Waals surface area contributed by atoms with Crippen LogP contribution in [0.25, 0.3) is 27.9 Å². The lowest BCUT2D eigenvalue weighted by Gasteiger charge is -2.06. The maximum Gasteiger partial charge on any atom is 0.230 e. The maximum atomic E-state index is 12.1. The van der Waals surface area contributed by atoms with Crippen LogP contribution in [0.1, 0.15) is 19.8 Å². The van der Waals surface area contributed by atoms with Gasteiger partial charge in [0, 0.05) is 17.5 Å². The average molecular weight is 392 g/mol. The Labute approximate surface area is 167 Å². The van der Waals surface area contributed by atoms with Crippen molar-refractivity contribution in [3.63, 3.8) is 0 Å². The number of carbonyl (C=O) groups excluding carboxylic acids is 1. The minimum absolute atomic E-state index is 0.00459. The monoisotopic (exact) mass is 391 g/mol. The molecule has 142 valence electrons. The Morgan fingerprint density at radius 1 is 1.07 bits per heavy atom. The Balaban J connectivity index is 1.70. The van der Waals surface area contributed by atoms with Gasteiger partial charge in [-0.2, -0.15) is 4.52 Å². The molecule has 7 heteroatoms. The van der Waals surface area contributed by atoms with E-state index in [1.807, 2.05) is 54.6 Å². The second kappa shape index (κ2) is 8.39. The Bertz CT molecular complexity index is 1110. The molecule has 0 aliphatic carbocycles. The molecule has 0 spiro atoms. The van der Waals surface area contributed by atoms with Crippen molar-refractivity contribution in [1.29, 1.82) is 0 Å². The summed E-state index contributed by atoms with van der Waals surface area (Å²) in [6.45, 7) is 2.81. The first-order chi connectivity index (χ1) is 13.8. The van der Waals surface area contributed by atoms with E-state index in [4.69, 9.17) is 9.97 Å². The van der Waals surface area contributed by atoms with E-state index in [1.165, 1.54) is 11.8 Å². The summed E-state index contributed by atoms with van der Waals surface area (Å²) in [6.07, 6.45) is 2.04. The highest BCUT2D eigenvalue weighted by atomic mass is 32.2. The summed E-state index contributed by atoms with van der Waals surface area (Å²) in [5.41, 5.74) is 2.54. The molecular weight excluding hydrogens is 370 g/mol. The first kappa shape index (κ1) is 18.4. The molecular formula is C21H21N5OS. The molecule has 0 saturated heterocycles. The molecule has 0 radical (unpaired) electrons. The van der Waals surface area contributed by atoms with Gasteiger partial charge in [0.25, 0.3) is 0 Å². The van der Waals surface area contributed by atoms with Crippen LogP contribution in [0.2, 0.25) is 0 Å². The predicted octanol–water partition coefficient (Wildman–Crippen LogP) is 3.95. The number of para-hydroxylation sites is 1. The summed E-state index contributed by atoms with van der Waals surface area (Å²) in [7, 11) is 0. The molecule has 4 rings (SSSR count). The molecule has 1 amide bonds. The third kappa shape index (κ3) is 3.84. The fourth-order valence-electron chi connectivity index (χ4n) is 2.92. The van der Waals surface area contributed by atoms with Gasteiger partial charge in [-0.05, 0) is 18.6 Å². The van der Waals surface area contributed by atoms with E-state index in [9.17, 15) is 4.79 Å². The van der Waals surface area contributed by atoms with Gasteiger partial charge in [-0.15, -0.1) is 5.10 Å². The molecule has 0 aliphatic rings. The number of amides is 1. The third-order valence-electron chi connectivity index (χ3n) is 4.37. The van der Waals surface area contributed by atoms with Crippen LogP contribution < -0.4 is 5.32 Å². The number of fused-ring (bicyclic) bond motifs is 3. The van der Waals surface area contributed by atoms with Crippen molar-refractivity contribution >= 4 is 34.2 Å². The zero-order valence-electron chi connectivity index (χ0n) is 15.6. The van der Waals surface area contributed by atoms with Crippen molar-refractivity contribution in [2.45, 2.75) is 24.9 Å². The highest BCUT2D eigenvalue weighted by Crippen LogP contribution is 2.26. The average Bonchev–Trinajstić information content (AvgIpc) is 3.19. The summed E-state index contributed by atoms with van der Waals surface area (Å²) in [5, 5.41) is 9.21. The molecule has 4 aromatic rings. The van der Waals surface area contributed by atoms with Crippen molar-refractivity contribution < 1.29 is 4.79 Å². The normalized spacial score (nSPS) is 11.2. The molecule has 6 nitrogen and oxygen atoms in total. The van der Waals surface area contributed by atoms with Crippen molar-refractivity contribution in [2.24, 2.45) is 0 Å². The van der Waals surface area contributed by atoms with Crippen LogP contribution in [0.5, 0.6) is 0 Å².